The zero-order valence-corrected chi connectivity index (χ0v) is 11.8. The van der Waals surface area contributed by atoms with Crippen molar-refractivity contribution >= 4 is 17.4 Å². The lowest BCUT2D eigenvalue weighted by atomic mass is 10.2. The van der Waals surface area contributed by atoms with Crippen molar-refractivity contribution in [1.29, 1.82) is 0 Å². The molecule has 10 heteroatoms. The maximum atomic E-state index is 12.1. The fourth-order valence-corrected chi connectivity index (χ4v) is 1.94. The molecule has 3 aromatic rings. The zero-order valence-electron chi connectivity index (χ0n) is 11.8. The van der Waals surface area contributed by atoms with Crippen LogP contribution in [0.4, 0.5) is 11.5 Å². The number of aromatic amines is 1. The highest BCUT2D eigenvalue weighted by Crippen LogP contribution is 2.21. The van der Waals surface area contributed by atoms with Gasteiger partial charge in [-0.3, -0.25) is 4.79 Å². The Balaban J connectivity index is 1.84. The quantitative estimate of drug-likeness (QED) is 0.553. The van der Waals surface area contributed by atoms with E-state index in [1.165, 1.54) is 0 Å². The van der Waals surface area contributed by atoms with Crippen molar-refractivity contribution < 1.29 is 14.2 Å². The summed E-state index contributed by atoms with van der Waals surface area (Å²) in [5, 5.41) is 22.8. The first kappa shape index (κ1) is 14.4. The van der Waals surface area contributed by atoms with Gasteiger partial charge in [0.05, 0.1) is 6.20 Å². The predicted molar refractivity (Wildman–Crippen MR) is 77.7 cm³/mol. The van der Waals surface area contributed by atoms with Crippen molar-refractivity contribution in [3.63, 3.8) is 0 Å². The Morgan fingerprint density at radius 1 is 1.43 bits per heavy atom. The molecule has 2 N–H and O–H groups in total. The molecule has 0 saturated carbocycles. The van der Waals surface area contributed by atoms with Gasteiger partial charge in [-0.15, -0.1) is 5.10 Å². The Morgan fingerprint density at radius 2 is 2.26 bits per heavy atom. The number of nitro groups is 1. The summed E-state index contributed by atoms with van der Waals surface area (Å²) in [6.45, 7) is 1.67. The number of H-pyrrole nitrogens is 1. The number of carbonyl (C=O) groups excluding carboxylic acids is 1. The first-order chi connectivity index (χ1) is 11.0. The van der Waals surface area contributed by atoms with Crippen LogP contribution in [-0.2, 0) is 0 Å². The molecule has 2 heterocycles. The van der Waals surface area contributed by atoms with Crippen LogP contribution in [0.3, 0.4) is 0 Å². The highest BCUT2D eigenvalue weighted by Gasteiger charge is 2.22. The van der Waals surface area contributed by atoms with E-state index in [-0.39, 0.29) is 5.56 Å². The van der Waals surface area contributed by atoms with Crippen molar-refractivity contribution in [2.24, 2.45) is 0 Å². The molecule has 0 spiro atoms. The van der Waals surface area contributed by atoms with E-state index in [9.17, 15) is 14.9 Å². The minimum absolute atomic E-state index is 0.157. The second kappa shape index (κ2) is 5.67. The summed E-state index contributed by atoms with van der Waals surface area (Å²) >= 11 is 0. The third-order valence-corrected chi connectivity index (χ3v) is 2.95. The maximum absolute atomic E-state index is 12.1. The summed E-state index contributed by atoms with van der Waals surface area (Å²) < 4.78 is 4.91. The highest BCUT2D eigenvalue weighted by molar-refractivity contribution is 6.06. The van der Waals surface area contributed by atoms with Crippen molar-refractivity contribution in [2.45, 2.75) is 6.92 Å². The van der Waals surface area contributed by atoms with E-state index in [0.717, 1.165) is 6.20 Å². The van der Waals surface area contributed by atoms with Crippen LogP contribution in [0.25, 0.3) is 11.4 Å². The van der Waals surface area contributed by atoms with Gasteiger partial charge in [0.1, 0.15) is 0 Å². The van der Waals surface area contributed by atoms with Crippen LogP contribution in [-0.4, -0.2) is 31.2 Å². The smallest absolute Gasteiger partial charge is 0.355 e. The first-order valence-electron chi connectivity index (χ1n) is 6.44. The molecule has 1 amide bonds. The molecule has 0 atom stereocenters. The monoisotopic (exact) mass is 314 g/mol. The van der Waals surface area contributed by atoms with Gasteiger partial charge in [0.2, 0.25) is 11.7 Å². The molecule has 2 aromatic heterocycles. The van der Waals surface area contributed by atoms with Crippen LogP contribution >= 0.6 is 0 Å². The van der Waals surface area contributed by atoms with Crippen molar-refractivity contribution in [3.05, 3.63) is 52.0 Å². The number of anilines is 1. The van der Waals surface area contributed by atoms with Crippen LogP contribution in [0.5, 0.6) is 0 Å². The number of aromatic nitrogens is 4. The van der Waals surface area contributed by atoms with Gasteiger partial charge in [-0.2, -0.15) is 4.98 Å². The molecule has 23 heavy (non-hydrogen) atoms. The van der Waals surface area contributed by atoms with E-state index in [4.69, 9.17) is 4.52 Å². The van der Waals surface area contributed by atoms with E-state index in [2.05, 4.69) is 25.7 Å². The maximum Gasteiger partial charge on any atom is 0.355 e. The lowest BCUT2D eigenvalue weighted by molar-refractivity contribution is -0.389. The minimum atomic E-state index is -0.708. The molecule has 0 aliphatic carbocycles. The van der Waals surface area contributed by atoms with E-state index in [1.807, 2.05) is 0 Å². The second-order valence-corrected chi connectivity index (χ2v) is 4.56. The van der Waals surface area contributed by atoms with Crippen molar-refractivity contribution in [3.8, 4) is 11.4 Å². The fourth-order valence-electron chi connectivity index (χ4n) is 1.94. The Bertz CT molecular complexity index is 884. The SMILES string of the molecule is Cc1nc(-c2cccc(NC(=O)c3cn[nH]c3[N+](=O)[O-])c2)no1. The lowest BCUT2D eigenvalue weighted by Crippen LogP contribution is -2.13. The largest absolute Gasteiger partial charge is 0.358 e. The number of hydrogen-bond donors (Lipinski definition) is 2. The molecule has 1 aromatic carbocycles. The van der Waals surface area contributed by atoms with Crippen LogP contribution < -0.4 is 5.32 Å². The standard InChI is InChI=1S/C13H10N6O4/c1-7-15-11(18-23-7)8-3-2-4-9(5-8)16-13(20)10-6-14-17-12(10)19(21)22/h2-6H,1H3,(H,14,17)(H,16,20). The number of aryl methyl sites for hydroxylation is 1. The molecule has 3 rings (SSSR count). The van der Waals surface area contributed by atoms with Crippen molar-refractivity contribution in [2.75, 3.05) is 5.32 Å². The molecule has 0 radical (unpaired) electrons. The summed E-state index contributed by atoms with van der Waals surface area (Å²) in [5.41, 5.74) is 0.919. The third kappa shape index (κ3) is 2.90. The van der Waals surface area contributed by atoms with Gasteiger partial charge >= 0.3 is 5.82 Å². The minimum Gasteiger partial charge on any atom is -0.358 e. The zero-order chi connectivity index (χ0) is 16.4. The molecule has 0 aliphatic heterocycles. The first-order valence-corrected chi connectivity index (χ1v) is 6.44. The van der Waals surface area contributed by atoms with Gasteiger partial charge in [-0.1, -0.05) is 22.4 Å². The average molecular weight is 314 g/mol. The molecular formula is C13H10N6O4. The summed E-state index contributed by atoms with van der Waals surface area (Å²) in [5.74, 6) is -0.310. The third-order valence-electron chi connectivity index (χ3n) is 2.95. The summed E-state index contributed by atoms with van der Waals surface area (Å²) in [6.07, 6.45) is 1.10. The second-order valence-electron chi connectivity index (χ2n) is 4.56. The molecule has 10 nitrogen and oxygen atoms in total. The van der Waals surface area contributed by atoms with Gasteiger partial charge in [0, 0.05) is 18.2 Å². The number of rotatable bonds is 4. The molecular weight excluding hydrogens is 304 g/mol. The number of hydrogen-bond acceptors (Lipinski definition) is 7. The summed E-state index contributed by atoms with van der Waals surface area (Å²) in [4.78, 5) is 26.3. The van der Waals surface area contributed by atoms with Crippen LogP contribution in [0.2, 0.25) is 0 Å². The topological polar surface area (TPSA) is 140 Å². The van der Waals surface area contributed by atoms with E-state index >= 15 is 0 Å². The number of carbonyl (C=O) groups is 1. The molecule has 116 valence electrons. The fraction of sp³-hybridized carbons (Fsp3) is 0.0769. The van der Waals surface area contributed by atoms with Crippen molar-refractivity contribution in [1.82, 2.24) is 20.3 Å². The molecule has 0 aliphatic rings. The Kier molecular flexibility index (Phi) is 3.55. The van der Waals surface area contributed by atoms with Gasteiger partial charge in [0.25, 0.3) is 5.91 Å². The molecule has 0 bridgehead atoms. The normalized spacial score (nSPS) is 10.5. The number of amides is 1. The van der Waals surface area contributed by atoms with E-state index < -0.39 is 16.6 Å². The van der Waals surface area contributed by atoms with Gasteiger partial charge < -0.3 is 20.0 Å². The van der Waals surface area contributed by atoms with Gasteiger partial charge in [-0.05, 0) is 17.1 Å². The summed E-state index contributed by atoms with van der Waals surface area (Å²) in [7, 11) is 0. The number of benzene rings is 1. The molecule has 0 saturated heterocycles. The Morgan fingerprint density at radius 3 is 2.96 bits per heavy atom. The van der Waals surface area contributed by atoms with Crippen LogP contribution in [0, 0.1) is 17.0 Å². The number of nitrogens with one attached hydrogen (secondary N) is 2. The van der Waals surface area contributed by atoms with Gasteiger partial charge in [0.15, 0.2) is 5.56 Å². The number of nitrogens with zero attached hydrogens (tertiary/aromatic N) is 4. The lowest BCUT2D eigenvalue weighted by Gasteiger charge is -2.04. The predicted octanol–water partition coefficient (Wildman–Crippen LogP) is 1.93. The molecule has 0 fully saturated rings. The average Bonchev–Trinajstić information content (AvgIpc) is 3.16. The highest BCUT2D eigenvalue weighted by atomic mass is 16.6. The van der Waals surface area contributed by atoms with E-state index in [1.54, 1.807) is 31.2 Å². The van der Waals surface area contributed by atoms with E-state index in [0.29, 0.717) is 23.0 Å². The Hall–Kier alpha value is -3.56. The Labute approximate surface area is 128 Å². The van der Waals surface area contributed by atoms with Gasteiger partial charge in [-0.25, -0.2) is 0 Å². The van der Waals surface area contributed by atoms with Crippen LogP contribution in [0.1, 0.15) is 16.2 Å². The summed E-state index contributed by atoms with van der Waals surface area (Å²) in [6, 6.07) is 6.72. The van der Waals surface area contributed by atoms with Crippen LogP contribution in [0.15, 0.2) is 35.0 Å². The molecule has 0 unspecified atom stereocenters.